The molecule has 1 aliphatic carbocycles. The third kappa shape index (κ3) is 5.67. The van der Waals surface area contributed by atoms with Gasteiger partial charge >= 0.3 is 0 Å². The van der Waals surface area contributed by atoms with Gasteiger partial charge in [-0.3, -0.25) is 9.10 Å². The molecule has 0 saturated heterocycles. The Morgan fingerprint density at radius 2 is 1.92 bits per heavy atom. The molecule has 6 heteroatoms. The van der Waals surface area contributed by atoms with Crippen LogP contribution in [-0.4, -0.2) is 34.2 Å². The highest BCUT2D eigenvalue weighted by molar-refractivity contribution is 7.92. The summed E-state index contributed by atoms with van der Waals surface area (Å²) in [5, 5.41) is 2.95. The molecular formula is C18H26N2O3S. The lowest BCUT2D eigenvalue weighted by Crippen LogP contribution is -2.26. The van der Waals surface area contributed by atoms with Gasteiger partial charge in [-0.2, -0.15) is 0 Å². The van der Waals surface area contributed by atoms with Gasteiger partial charge < -0.3 is 5.32 Å². The molecule has 0 radical (unpaired) electrons. The standard InChI is InChI=1S/C18H26N2O3S/c1-20(24(2,22)23)17-10-8-16(9-11-17)14-18(21)19-13-12-15-6-4-3-5-7-15/h6,8-11H,3-5,7,12-14H2,1-2H3,(H,19,21). The molecule has 1 aliphatic rings. The number of nitrogens with zero attached hydrogens (tertiary/aromatic N) is 1. The highest BCUT2D eigenvalue weighted by Crippen LogP contribution is 2.19. The van der Waals surface area contributed by atoms with E-state index < -0.39 is 10.0 Å². The average Bonchev–Trinajstić information content (AvgIpc) is 2.55. The highest BCUT2D eigenvalue weighted by atomic mass is 32.2. The summed E-state index contributed by atoms with van der Waals surface area (Å²) in [6.07, 6.45) is 9.56. The van der Waals surface area contributed by atoms with Gasteiger partial charge in [0.1, 0.15) is 0 Å². The Morgan fingerprint density at radius 1 is 1.21 bits per heavy atom. The first-order valence-corrected chi connectivity index (χ1v) is 10.2. The number of anilines is 1. The Hall–Kier alpha value is -1.82. The SMILES string of the molecule is CN(c1ccc(CC(=O)NCCC2=CCCCC2)cc1)S(C)(=O)=O. The Kier molecular flexibility index (Phi) is 6.43. The maximum Gasteiger partial charge on any atom is 0.231 e. The number of sulfonamides is 1. The third-order valence-electron chi connectivity index (χ3n) is 4.32. The summed E-state index contributed by atoms with van der Waals surface area (Å²) in [4.78, 5) is 12.0. The van der Waals surface area contributed by atoms with Crippen molar-refractivity contribution < 1.29 is 13.2 Å². The zero-order valence-corrected chi connectivity index (χ0v) is 15.2. The molecule has 0 bridgehead atoms. The van der Waals surface area contributed by atoms with E-state index in [1.807, 2.05) is 0 Å². The van der Waals surface area contributed by atoms with Gasteiger partial charge in [-0.25, -0.2) is 8.42 Å². The van der Waals surface area contributed by atoms with Crippen molar-refractivity contribution in [3.05, 3.63) is 41.5 Å². The van der Waals surface area contributed by atoms with Crippen LogP contribution in [0.3, 0.4) is 0 Å². The second kappa shape index (κ2) is 8.33. The number of amides is 1. The fourth-order valence-corrected chi connectivity index (χ4v) is 3.26. The van der Waals surface area contributed by atoms with Gasteiger partial charge in [0, 0.05) is 13.6 Å². The van der Waals surface area contributed by atoms with Gasteiger partial charge in [0.25, 0.3) is 0 Å². The van der Waals surface area contributed by atoms with Crippen LogP contribution < -0.4 is 9.62 Å². The quantitative estimate of drug-likeness (QED) is 0.769. The fraction of sp³-hybridized carbons (Fsp3) is 0.500. The van der Waals surface area contributed by atoms with Gasteiger partial charge in [-0.1, -0.05) is 23.8 Å². The van der Waals surface area contributed by atoms with Crippen LogP contribution in [0.4, 0.5) is 5.69 Å². The first kappa shape index (κ1) is 18.5. The fourth-order valence-electron chi connectivity index (χ4n) is 2.76. The molecule has 2 rings (SSSR count). The summed E-state index contributed by atoms with van der Waals surface area (Å²) < 4.78 is 24.2. The molecule has 0 atom stereocenters. The highest BCUT2D eigenvalue weighted by Gasteiger charge is 2.12. The molecule has 24 heavy (non-hydrogen) atoms. The summed E-state index contributed by atoms with van der Waals surface area (Å²) in [5.74, 6) is -0.00405. The molecule has 0 unspecified atom stereocenters. The van der Waals surface area contributed by atoms with E-state index in [1.54, 1.807) is 24.3 Å². The molecule has 1 aromatic carbocycles. The number of benzene rings is 1. The van der Waals surface area contributed by atoms with E-state index in [2.05, 4.69) is 11.4 Å². The van der Waals surface area contributed by atoms with Crippen molar-refractivity contribution in [3.8, 4) is 0 Å². The van der Waals surface area contributed by atoms with E-state index in [9.17, 15) is 13.2 Å². The summed E-state index contributed by atoms with van der Waals surface area (Å²) in [6.45, 7) is 0.680. The number of hydrogen-bond donors (Lipinski definition) is 1. The molecule has 0 aromatic heterocycles. The molecule has 0 saturated carbocycles. The molecule has 5 nitrogen and oxygen atoms in total. The molecule has 1 aromatic rings. The maximum atomic E-state index is 12.0. The van der Waals surface area contributed by atoms with Crippen molar-refractivity contribution in [3.63, 3.8) is 0 Å². The van der Waals surface area contributed by atoms with E-state index in [1.165, 1.54) is 29.8 Å². The van der Waals surface area contributed by atoms with Crippen LogP contribution in [0.1, 0.15) is 37.7 Å². The van der Waals surface area contributed by atoms with Crippen molar-refractivity contribution in [1.82, 2.24) is 5.32 Å². The minimum absolute atomic E-state index is 0.00405. The number of carbonyl (C=O) groups is 1. The zero-order valence-electron chi connectivity index (χ0n) is 14.4. The van der Waals surface area contributed by atoms with E-state index in [4.69, 9.17) is 0 Å². The molecule has 0 spiro atoms. The van der Waals surface area contributed by atoms with E-state index in [0.29, 0.717) is 18.7 Å². The molecule has 1 amide bonds. The van der Waals surface area contributed by atoms with Crippen LogP contribution in [-0.2, 0) is 21.2 Å². The van der Waals surface area contributed by atoms with Gasteiger partial charge in [-0.05, 0) is 49.8 Å². The van der Waals surface area contributed by atoms with Crippen molar-refractivity contribution in [2.75, 3.05) is 24.2 Å². The van der Waals surface area contributed by atoms with Gasteiger partial charge in [0.05, 0.1) is 18.4 Å². The first-order chi connectivity index (χ1) is 11.4. The van der Waals surface area contributed by atoms with Crippen LogP contribution in [0, 0.1) is 0 Å². The van der Waals surface area contributed by atoms with Gasteiger partial charge in [0.2, 0.25) is 15.9 Å². The predicted octanol–water partition coefficient (Wildman–Crippen LogP) is 2.63. The second-order valence-electron chi connectivity index (χ2n) is 6.28. The Balaban J connectivity index is 1.80. The van der Waals surface area contributed by atoms with Crippen LogP contribution in [0.15, 0.2) is 35.9 Å². The largest absolute Gasteiger partial charge is 0.355 e. The van der Waals surface area contributed by atoms with Crippen LogP contribution >= 0.6 is 0 Å². The lowest BCUT2D eigenvalue weighted by molar-refractivity contribution is -0.120. The van der Waals surface area contributed by atoms with Gasteiger partial charge in [0.15, 0.2) is 0 Å². The summed E-state index contributed by atoms with van der Waals surface area (Å²) in [6, 6.07) is 7.02. The lowest BCUT2D eigenvalue weighted by Gasteiger charge is -2.16. The molecular weight excluding hydrogens is 324 g/mol. The minimum Gasteiger partial charge on any atom is -0.355 e. The number of nitrogens with one attached hydrogen (secondary N) is 1. The van der Waals surface area contributed by atoms with E-state index >= 15 is 0 Å². The normalized spacial score (nSPS) is 14.8. The van der Waals surface area contributed by atoms with Crippen LogP contribution in [0.2, 0.25) is 0 Å². The zero-order chi connectivity index (χ0) is 17.6. The number of allylic oxidation sites excluding steroid dienone is 1. The molecule has 0 heterocycles. The van der Waals surface area contributed by atoms with Crippen molar-refractivity contribution in [1.29, 1.82) is 0 Å². The van der Waals surface area contributed by atoms with E-state index in [0.717, 1.165) is 31.1 Å². The molecule has 132 valence electrons. The summed E-state index contributed by atoms with van der Waals surface area (Å²) in [5.41, 5.74) is 2.91. The van der Waals surface area contributed by atoms with E-state index in [-0.39, 0.29) is 5.91 Å². The number of carbonyl (C=O) groups excluding carboxylic acids is 1. The average molecular weight is 350 g/mol. The molecule has 0 aliphatic heterocycles. The topological polar surface area (TPSA) is 66.5 Å². The Labute approximate surface area is 144 Å². The van der Waals surface area contributed by atoms with Crippen molar-refractivity contribution in [2.45, 2.75) is 38.5 Å². The summed E-state index contributed by atoms with van der Waals surface area (Å²) >= 11 is 0. The third-order valence-corrected chi connectivity index (χ3v) is 5.52. The summed E-state index contributed by atoms with van der Waals surface area (Å²) in [7, 11) is -1.75. The Morgan fingerprint density at radius 3 is 2.50 bits per heavy atom. The monoisotopic (exact) mass is 350 g/mol. The molecule has 1 N–H and O–H groups in total. The number of rotatable bonds is 7. The van der Waals surface area contributed by atoms with Crippen molar-refractivity contribution in [2.24, 2.45) is 0 Å². The lowest BCUT2D eigenvalue weighted by atomic mass is 9.97. The van der Waals surface area contributed by atoms with Crippen molar-refractivity contribution >= 4 is 21.6 Å². The Bertz CT molecular complexity index is 693. The number of hydrogen-bond acceptors (Lipinski definition) is 3. The first-order valence-electron chi connectivity index (χ1n) is 8.34. The van der Waals surface area contributed by atoms with Gasteiger partial charge in [-0.15, -0.1) is 0 Å². The minimum atomic E-state index is -3.27. The van der Waals surface area contributed by atoms with Crippen LogP contribution in [0.5, 0.6) is 0 Å². The maximum absolute atomic E-state index is 12.0. The smallest absolute Gasteiger partial charge is 0.231 e. The molecule has 0 fully saturated rings. The second-order valence-corrected chi connectivity index (χ2v) is 8.30. The van der Waals surface area contributed by atoms with Crippen LogP contribution in [0.25, 0.3) is 0 Å². The predicted molar refractivity (Wildman–Crippen MR) is 97.6 cm³/mol.